The van der Waals surface area contributed by atoms with Crippen LogP contribution in [0.1, 0.15) is 115 Å². The largest absolute Gasteiger partial charge is 0.465 e. The summed E-state index contributed by atoms with van der Waals surface area (Å²) in [5.74, 6) is 3.25. The highest BCUT2D eigenvalue weighted by Crippen LogP contribution is 2.77. The van der Waals surface area contributed by atoms with Crippen LogP contribution < -0.4 is 5.73 Å². The molecule has 3 heteroatoms. The molecule has 0 radical (unpaired) electrons. The molecule has 6 rings (SSSR count). The van der Waals surface area contributed by atoms with Crippen molar-refractivity contribution in [1.29, 1.82) is 0 Å². The molecule has 0 spiro atoms. The number of allylic oxidation sites excluding steroid dienone is 3. The maximum Gasteiger partial charge on any atom is 0.337 e. The first-order valence-corrected chi connectivity index (χ1v) is 16.5. The Balaban J connectivity index is 1.35. The average Bonchev–Trinajstić information content (AvgIpc) is 3.33. The van der Waals surface area contributed by atoms with E-state index >= 15 is 0 Å². The lowest BCUT2D eigenvalue weighted by atomic mass is 9.32. The van der Waals surface area contributed by atoms with Crippen LogP contribution in [0.15, 0.2) is 42.5 Å². The number of hydrogen-bond acceptors (Lipinski definition) is 3. The minimum atomic E-state index is -0.268. The van der Waals surface area contributed by atoms with Crippen molar-refractivity contribution in [3.8, 4) is 0 Å². The van der Waals surface area contributed by atoms with Crippen molar-refractivity contribution in [2.75, 3.05) is 13.7 Å². The van der Waals surface area contributed by atoms with E-state index in [1.54, 1.807) is 0 Å². The molecule has 0 saturated heterocycles. The molecule has 4 fully saturated rings. The highest BCUT2D eigenvalue weighted by Gasteiger charge is 2.70. The molecule has 0 amide bonds. The zero-order valence-electron chi connectivity index (χ0n) is 26.9. The Hall–Kier alpha value is -1.87. The summed E-state index contributed by atoms with van der Waals surface area (Å²) in [4.78, 5) is 12.0. The van der Waals surface area contributed by atoms with Crippen LogP contribution in [0.2, 0.25) is 0 Å². The number of nitrogens with two attached hydrogens (primary N) is 1. The van der Waals surface area contributed by atoms with Crippen molar-refractivity contribution in [2.24, 2.45) is 62.4 Å². The molecule has 0 aromatic heterocycles. The van der Waals surface area contributed by atoms with E-state index in [2.05, 4.69) is 66.3 Å². The van der Waals surface area contributed by atoms with Crippen molar-refractivity contribution in [3.05, 3.63) is 53.6 Å². The third-order valence-corrected chi connectivity index (χ3v) is 14.8. The Morgan fingerprint density at radius 2 is 1.63 bits per heavy atom. The van der Waals surface area contributed by atoms with E-state index < -0.39 is 0 Å². The quantitative estimate of drug-likeness (QED) is 0.297. The highest BCUT2D eigenvalue weighted by atomic mass is 16.5. The number of benzene rings is 1. The van der Waals surface area contributed by atoms with Crippen molar-refractivity contribution in [1.82, 2.24) is 0 Å². The molecule has 5 aliphatic rings. The summed E-state index contributed by atoms with van der Waals surface area (Å²) in [6, 6.07) is 8.12. The summed E-state index contributed by atoms with van der Waals surface area (Å²) in [5, 5.41) is 0. The smallest absolute Gasteiger partial charge is 0.337 e. The Kier molecular flexibility index (Phi) is 6.82. The molecule has 41 heavy (non-hydrogen) atoms. The number of methoxy groups -OCH3 is 1. The molecule has 224 valence electrons. The molecule has 1 aromatic carbocycles. The summed E-state index contributed by atoms with van der Waals surface area (Å²) in [7, 11) is 1.45. The maximum atomic E-state index is 12.0. The molecule has 0 heterocycles. The molecule has 1 aromatic rings. The number of ether oxygens (including phenoxy) is 1. The van der Waals surface area contributed by atoms with Crippen molar-refractivity contribution in [2.45, 2.75) is 99.3 Å². The first-order chi connectivity index (χ1) is 19.3. The molecule has 0 aliphatic heterocycles. The van der Waals surface area contributed by atoms with E-state index in [9.17, 15) is 4.79 Å². The molecule has 3 unspecified atom stereocenters. The SMILES string of the molecule is C=C(C)[C@@H]1CC[C@]2(CN)CC[C@]3(C)[C@H](CCC4[C@@]5(C)CC=C(c6ccc(C(=O)OC)cc6)C(C)(C)C5CC[C@]43C)C12. The minimum Gasteiger partial charge on any atom is -0.465 e. The van der Waals surface area contributed by atoms with Gasteiger partial charge in [-0.25, -0.2) is 4.79 Å². The number of carbonyl (C=O) groups excluding carboxylic acids is 1. The van der Waals surface area contributed by atoms with Crippen LogP contribution in [0.25, 0.3) is 5.57 Å². The summed E-state index contributed by atoms with van der Waals surface area (Å²) in [6.45, 7) is 20.8. The maximum absolute atomic E-state index is 12.0. The van der Waals surface area contributed by atoms with E-state index in [1.165, 1.54) is 75.2 Å². The summed E-state index contributed by atoms with van der Waals surface area (Å²) >= 11 is 0. The summed E-state index contributed by atoms with van der Waals surface area (Å²) < 4.78 is 4.94. The van der Waals surface area contributed by atoms with Gasteiger partial charge in [0, 0.05) is 0 Å². The number of rotatable bonds is 4. The average molecular weight is 558 g/mol. The van der Waals surface area contributed by atoms with Gasteiger partial charge in [0.25, 0.3) is 0 Å². The third kappa shape index (κ3) is 3.82. The predicted molar refractivity (Wildman–Crippen MR) is 169 cm³/mol. The fourth-order valence-electron chi connectivity index (χ4n) is 12.6. The van der Waals surface area contributed by atoms with Gasteiger partial charge in [-0.1, -0.05) is 65.0 Å². The first kappa shape index (κ1) is 29.2. The van der Waals surface area contributed by atoms with Gasteiger partial charge in [0.15, 0.2) is 0 Å². The van der Waals surface area contributed by atoms with Gasteiger partial charge in [0.2, 0.25) is 0 Å². The summed E-state index contributed by atoms with van der Waals surface area (Å²) in [5.41, 5.74) is 12.8. The van der Waals surface area contributed by atoms with Gasteiger partial charge in [0.05, 0.1) is 12.7 Å². The van der Waals surface area contributed by atoms with Crippen LogP contribution in [0, 0.1) is 56.7 Å². The third-order valence-electron chi connectivity index (χ3n) is 14.8. The van der Waals surface area contributed by atoms with Gasteiger partial charge in [-0.2, -0.15) is 0 Å². The first-order valence-electron chi connectivity index (χ1n) is 16.5. The number of carbonyl (C=O) groups is 1. The minimum absolute atomic E-state index is 0.0800. The van der Waals surface area contributed by atoms with Gasteiger partial charge < -0.3 is 10.5 Å². The Morgan fingerprint density at radius 1 is 0.927 bits per heavy atom. The van der Waals surface area contributed by atoms with E-state index in [0.29, 0.717) is 45.0 Å². The van der Waals surface area contributed by atoms with Crippen molar-refractivity contribution < 1.29 is 9.53 Å². The molecule has 5 aliphatic carbocycles. The Labute approximate surface area is 249 Å². The van der Waals surface area contributed by atoms with Gasteiger partial charge in [-0.15, -0.1) is 0 Å². The second-order valence-corrected chi connectivity index (χ2v) is 16.4. The van der Waals surface area contributed by atoms with Crippen LogP contribution in [-0.2, 0) is 4.74 Å². The number of hydrogen-bond donors (Lipinski definition) is 1. The number of esters is 1. The van der Waals surface area contributed by atoms with E-state index in [-0.39, 0.29) is 11.4 Å². The lowest BCUT2D eigenvalue weighted by Gasteiger charge is -2.72. The second-order valence-electron chi connectivity index (χ2n) is 16.4. The molecular weight excluding hydrogens is 502 g/mol. The zero-order valence-corrected chi connectivity index (χ0v) is 26.9. The van der Waals surface area contributed by atoms with Crippen LogP contribution in [-0.4, -0.2) is 19.6 Å². The Bertz CT molecular complexity index is 1260. The zero-order chi connectivity index (χ0) is 29.6. The van der Waals surface area contributed by atoms with Crippen LogP contribution in [0.3, 0.4) is 0 Å². The monoisotopic (exact) mass is 557 g/mol. The fourth-order valence-corrected chi connectivity index (χ4v) is 12.6. The lowest BCUT2D eigenvalue weighted by Crippen LogP contribution is -2.65. The van der Waals surface area contributed by atoms with Crippen LogP contribution in [0.5, 0.6) is 0 Å². The van der Waals surface area contributed by atoms with Gasteiger partial charge in [-0.05, 0) is 151 Å². The van der Waals surface area contributed by atoms with Crippen LogP contribution >= 0.6 is 0 Å². The van der Waals surface area contributed by atoms with Gasteiger partial charge in [-0.3, -0.25) is 0 Å². The highest BCUT2D eigenvalue weighted by molar-refractivity contribution is 5.89. The van der Waals surface area contributed by atoms with Crippen molar-refractivity contribution in [3.63, 3.8) is 0 Å². The van der Waals surface area contributed by atoms with Crippen molar-refractivity contribution >= 4 is 11.5 Å². The molecular formula is C38H55NO2. The Morgan fingerprint density at radius 3 is 2.27 bits per heavy atom. The van der Waals surface area contributed by atoms with Gasteiger partial charge in [0.1, 0.15) is 0 Å². The predicted octanol–water partition coefficient (Wildman–Crippen LogP) is 9.08. The van der Waals surface area contributed by atoms with Gasteiger partial charge >= 0.3 is 5.97 Å². The van der Waals surface area contributed by atoms with E-state index in [1.807, 2.05) is 12.1 Å². The molecule has 9 atom stereocenters. The van der Waals surface area contributed by atoms with E-state index in [4.69, 9.17) is 10.5 Å². The summed E-state index contributed by atoms with van der Waals surface area (Å²) in [6.07, 6.45) is 14.4. The second kappa shape index (κ2) is 9.57. The normalized spacial score (nSPS) is 44.5. The standard InChI is InChI=1S/C38H55NO2/c1-24(2)27-15-20-38(23-39)22-21-36(6)29(32(27)38)13-14-31-35(5)18-16-28(25-9-11-26(12-10-25)33(40)41-8)34(3,4)30(35)17-19-37(31,36)7/h9-12,16,27,29-32H,1,13-15,17-23,39H2,2-8H3/t27-,29+,30?,31?,32?,35-,36+,37+,38+/m0/s1. The topological polar surface area (TPSA) is 52.3 Å². The molecule has 2 N–H and O–H groups in total. The number of fused-ring (bicyclic) bond motifs is 7. The molecule has 4 saturated carbocycles. The molecule has 0 bridgehead atoms. The van der Waals surface area contributed by atoms with Crippen LogP contribution in [0.4, 0.5) is 0 Å². The molecule has 3 nitrogen and oxygen atoms in total. The fraction of sp³-hybridized carbons (Fsp3) is 0.711. The van der Waals surface area contributed by atoms with E-state index in [0.717, 1.165) is 24.8 Å². The lowest BCUT2D eigenvalue weighted by molar-refractivity contribution is -0.224.